The van der Waals surface area contributed by atoms with E-state index in [4.69, 9.17) is 5.73 Å². The van der Waals surface area contributed by atoms with Gasteiger partial charge in [-0.1, -0.05) is 0 Å². The third-order valence-electron chi connectivity index (χ3n) is 3.44. The molecule has 3 N–H and O–H groups in total. The van der Waals surface area contributed by atoms with Gasteiger partial charge in [-0.05, 0) is 6.07 Å². The van der Waals surface area contributed by atoms with Crippen LogP contribution in [0.3, 0.4) is 0 Å². The zero-order chi connectivity index (χ0) is 13.9. The van der Waals surface area contributed by atoms with Crippen LogP contribution in [0.2, 0.25) is 0 Å². The Morgan fingerprint density at radius 3 is 2.65 bits per heavy atom. The van der Waals surface area contributed by atoms with Crippen molar-refractivity contribution in [1.29, 1.82) is 0 Å². The lowest BCUT2D eigenvalue weighted by atomic mass is 10.2. The quantitative estimate of drug-likeness (QED) is 0.804. The smallest absolute Gasteiger partial charge is 0.252 e. The molecule has 1 aliphatic rings. The number of nitrogens with zero attached hydrogens (tertiary/aromatic N) is 4. The number of aromatic nitrogens is 3. The summed E-state index contributed by atoms with van der Waals surface area (Å²) in [6.45, 7) is 3.28. The van der Waals surface area contributed by atoms with E-state index >= 15 is 0 Å². The molecule has 104 valence electrons. The monoisotopic (exact) mass is 272 g/mol. The van der Waals surface area contributed by atoms with Crippen LogP contribution in [0.4, 0.5) is 17.2 Å². The highest BCUT2D eigenvalue weighted by atomic mass is 16.1. The Kier molecular flexibility index (Phi) is 3.24. The van der Waals surface area contributed by atoms with E-state index < -0.39 is 0 Å². The van der Waals surface area contributed by atoms with Gasteiger partial charge in [0.1, 0.15) is 5.82 Å². The van der Waals surface area contributed by atoms with Crippen molar-refractivity contribution in [3.05, 3.63) is 41.2 Å². The minimum Gasteiger partial charge on any atom is -0.396 e. The number of nitrogens with one attached hydrogen (secondary N) is 1. The summed E-state index contributed by atoms with van der Waals surface area (Å²) in [5.41, 5.74) is 7.52. The molecule has 0 unspecified atom stereocenters. The first kappa shape index (κ1) is 12.5. The first-order chi connectivity index (χ1) is 9.74. The zero-order valence-electron chi connectivity index (χ0n) is 11.0. The van der Waals surface area contributed by atoms with E-state index in [0.29, 0.717) is 5.69 Å². The Labute approximate surface area is 116 Å². The van der Waals surface area contributed by atoms with Crippen LogP contribution in [0.5, 0.6) is 0 Å². The van der Waals surface area contributed by atoms with Crippen molar-refractivity contribution < 1.29 is 0 Å². The highest BCUT2D eigenvalue weighted by Gasteiger charge is 2.19. The second kappa shape index (κ2) is 5.20. The summed E-state index contributed by atoms with van der Waals surface area (Å²) in [5.74, 6) is 0.719. The van der Waals surface area contributed by atoms with Crippen molar-refractivity contribution in [2.45, 2.75) is 0 Å². The normalized spacial score (nSPS) is 15.4. The van der Waals surface area contributed by atoms with Gasteiger partial charge in [0.15, 0.2) is 0 Å². The molecule has 3 heterocycles. The maximum absolute atomic E-state index is 11.3. The summed E-state index contributed by atoms with van der Waals surface area (Å²) in [4.78, 5) is 26.4. The second-order valence-electron chi connectivity index (χ2n) is 4.68. The van der Waals surface area contributed by atoms with Crippen molar-refractivity contribution in [1.82, 2.24) is 15.0 Å². The van der Waals surface area contributed by atoms with Crippen LogP contribution in [0.1, 0.15) is 0 Å². The van der Waals surface area contributed by atoms with Crippen LogP contribution >= 0.6 is 0 Å². The molecule has 0 aliphatic carbocycles. The fourth-order valence-electron chi connectivity index (χ4n) is 2.39. The number of hydrogen-bond acceptors (Lipinski definition) is 6. The van der Waals surface area contributed by atoms with Gasteiger partial charge in [-0.2, -0.15) is 0 Å². The highest BCUT2D eigenvalue weighted by molar-refractivity contribution is 5.66. The molecule has 20 heavy (non-hydrogen) atoms. The fourth-order valence-corrected chi connectivity index (χ4v) is 2.39. The van der Waals surface area contributed by atoms with E-state index in [2.05, 4.69) is 24.8 Å². The first-order valence-electron chi connectivity index (χ1n) is 6.48. The maximum Gasteiger partial charge on any atom is 0.252 e. The number of pyridine rings is 1. The molecule has 3 rings (SSSR count). The van der Waals surface area contributed by atoms with E-state index in [1.807, 2.05) is 6.07 Å². The predicted octanol–water partition coefficient (Wildman–Crippen LogP) is 0.0737. The molecule has 0 atom stereocenters. The topological polar surface area (TPSA) is 91.1 Å². The van der Waals surface area contributed by atoms with Gasteiger partial charge in [-0.15, -0.1) is 0 Å². The van der Waals surface area contributed by atoms with Crippen molar-refractivity contribution in [2.24, 2.45) is 0 Å². The SMILES string of the molecule is Nc1cnccc1N1CCN(c2cc(=O)[nH]cn2)CC1. The average Bonchev–Trinajstić information content (AvgIpc) is 2.48. The van der Waals surface area contributed by atoms with E-state index in [1.165, 1.54) is 12.4 Å². The van der Waals surface area contributed by atoms with Crippen molar-refractivity contribution in [3.8, 4) is 0 Å². The molecule has 1 aliphatic heterocycles. The van der Waals surface area contributed by atoms with Crippen molar-refractivity contribution >= 4 is 17.2 Å². The largest absolute Gasteiger partial charge is 0.396 e. The Balaban J connectivity index is 1.71. The molecular formula is C13H16N6O. The number of anilines is 3. The van der Waals surface area contributed by atoms with Crippen LogP contribution in [-0.4, -0.2) is 41.1 Å². The second-order valence-corrected chi connectivity index (χ2v) is 4.68. The lowest BCUT2D eigenvalue weighted by Gasteiger charge is -2.36. The van der Waals surface area contributed by atoms with Gasteiger partial charge in [0, 0.05) is 38.4 Å². The molecule has 7 heteroatoms. The fraction of sp³-hybridized carbons (Fsp3) is 0.308. The van der Waals surface area contributed by atoms with Gasteiger partial charge in [-0.25, -0.2) is 4.98 Å². The van der Waals surface area contributed by atoms with Crippen LogP contribution in [-0.2, 0) is 0 Å². The van der Waals surface area contributed by atoms with E-state index in [1.54, 1.807) is 12.4 Å². The van der Waals surface area contributed by atoms with Crippen LogP contribution in [0.25, 0.3) is 0 Å². The first-order valence-corrected chi connectivity index (χ1v) is 6.48. The highest BCUT2D eigenvalue weighted by Crippen LogP contribution is 2.23. The summed E-state index contributed by atoms with van der Waals surface area (Å²) in [6, 6.07) is 3.45. The molecule has 0 aromatic carbocycles. The molecule has 0 spiro atoms. The predicted molar refractivity (Wildman–Crippen MR) is 77.9 cm³/mol. The molecule has 1 fully saturated rings. The Hall–Kier alpha value is -2.57. The number of H-pyrrole nitrogens is 1. The number of rotatable bonds is 2. The summed E-state index contributed by atoms with van der Waals surface area (Å²) in [6.07, 6.45) is 4.85. The standard InChI is InChI=1S/C13H16N6O/c14-10-8-15-2-1-11(10)18-3-5-19(6-4-18)12-7-13(20)17-9-16-12/h1-2,7-9H,3-6,14H2,(H,16,17,20). The molecule has 0 radical (unpaired) electrons. The third-order valence-corrected chi connectivity index (χ3v) is 3.44. The third kappa shape index (κ3) is 2.42. The molecule has 2 aromatic rings. The maximum atomic E-state index is 11.3. The number of hydrogen-bond donors (Lipinski definition) is 2. The summed E-state index contributed by atoms with van der Waals surface area (Å²) < 4.78 is 0. The van der Waals surface area contributed by atoms with Crippen LogP contribution in [0, 0.1) is 0 Å². The molecule has 0 amide bonds. The lowest BCUT2D eigenvalue weighted by molar-refractivity contribution is 0.646. The van der Waals surface area contributed by atoms with E-state index in [0.717, 1.165) is 37.7 Å². The van der Waals surface area contributed by atoms with Crippen LogP contribution in [0.15, 0.2) is 35.6 Å². The molecule has 2 aromatic heterocycles. The van der Waals surface area contributed by atoms with Crippen molar-refractivity contribution in [2.75, 3.05) is 41.7 Å². The van der Waals surface area contributed by atoms with E-state index in [-0.39, 0.29) is 5.56 Å². The van der Waals surface area contributed by atoms with Gasteiger partial charge < -0.3 is 20.5 Å². The Morgan fingerprint density at radius 2 is 1.95 bits per heavy atom. The minimum atomic E-state index is -0.129. The summed E-state index contributed by atoms with van der Waals surface area (Å²) >= 11 is 0. The van der Waals surface area contributed by atoms with Gasteiger partial charge in [0.05, 0.1) is 23.9 Å². The molecule has 7 nitrogen and oxygen atoms in total. The van der Waals surface area contributed by atoms with Crippen molar-refractivity contribution in [3.63, 3.8) is 0 Å². The molecular weight excluding hydrogens is 256 g/mol. The van der Waals surface area contributed by atoms with Gasteiger partial charge in [0.2, 0.25) is 0 Å². The summed E-state index contributed by atoms with van der Waals surface area (Å²) in [5, 5.41) is 0. The van der Waals surface area contributed by atoms with E-state index in [9.17, 15) is 4.79 Å². The Morgan fingerprint density at radius 1 is 1.20 bits per heavy atom. The van der Waals surface area contributed by atoms with Gasteiger partial charge in [-0.3, -0.25) is 9.78 Å². The zero-order valence-corrected chi connectivity index (χ0v) is 11.0. The average molecular weight is 272 g/mol. The van der Waals surface area contributed by atoms with Gasteiger partial charge in [0.25, 0.3) is 5.56 Å². The van der Waals surface area contributed by atoms with Crippen LogP contribution < -0.4 is 21.1 Å². The number of piperazine rings is 1. The number of nitrogens with two attached hydrogens (primary N) is 1. The Bertz CT molecular complexity index is 647. The summed E-state index contributed by atoms with van der Waals surface area (Å²) in [7, 11) is 0. The molecule has 0 bridgehead atoms. The molecule has 1 saturated heterocycles. The number of aromatic amines is 1. The minimum absolute atomic E-state index is 0.129. The molecule has 0 saturated carbocycles. The number of nitrogen functional groups attached to an aromatic ring is 1. The van der Waals surface area contributed by atoms with Gasteiger partial charge >= 0.3 is 0 Å². The lowest BCUT2D eigenvalue weighted by Crippen LogP contribution is -2.47.